The molecule has 0 bridgehead atoms. The second-order valence-electron chi connectivity index (χ2n) is 3.55. The lowest BCUT2D eigenvalue weighted by molar-refractivity contribution is 0.275. The van der Waals surface area contributed by atoms with Crippen molar-refractivity contribution in [3.8, 4) is 0 Å². The first-order valence-corrected chi connectivity index (χ1v) is 6.87. The van der Waals surface area contributed by atoms with E-state index in [-0.39, 0.29) is 0 Å². The molecule has 102 valence electrons. The van der Waals surface area contributed by atoms with Crippen molar-refractivity contribution in [1.82, 2.24) is 0 Å². The van der Waals surface area contributed by atoms with Crippen molar-refractivity contribution >= 4 is 19.2 Å². The van der Waals surface area contributed by atoms with Crippen molar-refractivity contribution in [2.24, 2.45) is 5.84 Å². The zero-order chi connectivity index (χ0) is 14.3. The molecule has 2 aromatic carbocycles. The van der Waals surface area contributed by atoms with Crippen molar-refractivity contribution in [3.63, 3.8) is 0 Å². The van der Waals surface area contributed by atoms with Crippen LogP contribution in [0.2, 0.25) is 0 Å². The number of nitrogens with zero attached hydrogens (tertiary/aromatic N) is 1. The van der Waals surface area contributed by atoms with Crippen LogP contribution in [0.25, 0.3) is 0 Å². The van der Waals surface area contributed by atoms with Gasteiger partial charge < -0.3 is 14.7 Å². The maximum Gasteiger partial charge on any atom is 0.466 e. The molecule has 0 saturated heterocycles. The Kier molecular flexibility index (Phi) is 5.69. The van der Waals surface area contributed by atoms with Crippen LogP contribution < -0.4 is 10.9 Å². The van der Waals surface area contributed by atoms with Crippen molar-refractivity contribution in [2.75, 3.05) is 5.01 Å². The molecule has 0 amide bonds. The van der Waals surface area contributed by atoms with Crippen LogP contribution >= 0.6 is 7.82 Å². The van der Waals surface area contributed by atoms with E-state index in [1.54, 1.807) is 5.01 Å². The highest BCUT2D eigenvalue weighted by Crippen LogP contribution is 2.25. The number of hydrogen-bond acceptors (Lipinski definition) is 3. The van der Waals surface area contributed by atoms with Gasteiger partial charge in [0.25, 0.3) is 0 Å². The molecular formula is C12H15N2O4P. The summed E-state index contributed by atoms with van der Waals surface area (Å²) in [5.74, 6) is 5.95. The fraction of sp³-hybridized carbons (Fsp3) is 0. The predicted octanol–water partition coefficient (Wildman–Crippen LogP) is 1.77. The van der Waals surface area contributed by atoms with E-state index in [1.165, 1.54) is 0 Å². The first-order valence-electron chi connectivity index (χ1n) is 5.31. The summed E-state index contributed by atoms with van der Waals surface area (Å²) in [6.07, 6.45) is 0. The predicted molar refractivity (Wildman–Crippen MR) is 73.5 cm³/mol. The molecule has 5 N–H and O–H groups in total. The third kappa shape index (κ3) is 6.71. The van der Waals surface area contributed by atoms with E-state index < -0.39 is 7.82 Å². The number of benzene rings is 2. The minimum atomic E-state index is -4.64. The average molecular weight is 282 g/mol. The topological polar surface area (TPSA) is 107 Å². The molecule has 0 aliphatic carbocycles. The van der Waals surface area contributed by atoms with Crippen LogP contribution in [0.5, 0.6) is 0 Å². The van der Waals surface area contributed by atoms with Crippen molar-refractivity contribution in [2.45, 2.75) is 0 Å². The number of nitrogens with two attached hydrogens (primary N) is 1. The molecule has 7 heteroatoms. The number of hydrogen-bond donors (Lipinski definition) is 4. The molecule has 0 aliphatic heterocycles. The molecule has 0 spiro atoms. The van der Waals surface area contributed by atoms with Gasteiger partial charge in [-0.15, -0.1) is 0 Å². The third-order valence-corrected chi connectivity index (χ3v) is 2.07. The summed E-state index contributed by atoms with van der Waals surface area (Å²) in [7, 11) is -4.64. The zero-order valence-corrected chi connectivity index (χ0v) is 10.9. The largest absolute Gasteiger partial charge is 0.466 e. The van der Waals surface area contributed by atoms with Crippen LogP contribution in [0, 0.1) is 0 Å². The summed E-state index contributed by atoms with van der Waals surface area (Å²) in [5.41, 5.74) is 1.97. The molecular weight excluding hydrogens is 267 g/mol. The minimum absolute atomic E-state index is 0.985. The third-order valence-electron chi connectivity index (χ3n) is 2.07. The van der Waals surface area contributed by atoms with E-state index in [1.807, 2.05) is 60.7 Å². The van der Waals surface area contributed by atoms with E-state index in [2.05, 4.69) is 0 Å². The number of rotatable bonds is 2. The van der Waals surface area contributed by atoms with Crippen LogP contribution in [-0.4, -0.2) is 14.7 Å². The molecule has 0 aliphatic rings. The lowest BCUT2D eigenvalue weighted by Gasteiger charge is -2.18. The molecule has 0 radical (unpaired) electrons. The Morgan fingerprint density at radius 2 is 1.05 bits per heavy atom. The highest BCUT2D eigenvalue weighted by atomic mass is 31.2. The molecule has 0 atom stereocenters. The van der Waals surface area contributed by atoms with E-state index in [0.29, 0.717) is 0 Å². The standard InChI is InChI=1S/C12H12N2.H3O4P/c13-14(11-7-3-1-4-8-11)12-9-5-2-6-10-12;1-5(2,3)4/h1-10H,13H2;(H3,1,2,3,4). The molecule has 2 rings (SSSR count). The Balaban J connectivity index is 0.000000312. The summed E-state index contributed by atoms with van der Waals surface area (Å²) < 4.78 is 8.88. The van der Waals surface area contributed by atoms with Gasteiger partial charge in [0.1, 0.15) is 0 Å². The zero-order valence-electron chi connectivity index (χ0n) is 10.00. The maximum absolute atomic E-state index is 8.88. The highest BCUT2D eigenvalue weighted by molar-refractivity contribution is 7.45. The van der Waals surface area contributed by atoms with Gasteiger partial charge in [0.2, 0.25) is 0 Å². The molecule has 6 nitrogen and oxygen atoms in total. The van der Waals surface area contributed by atoms with E-state index in [4.69, 9.17) is 25.1 Å². The minimum Gasteiger partial charge on any atom is -0.303 e. The number of anilines is 2. The van der Waals surface area contributed by atoms with E-state index in [9.17, 15) is 0 Å². The van der Waals surface area contributed by atoms with Crippen LogP contribution in [0.1, 0.15) is 0 Å². The van der Waals surface area contributed by atoms with Gasteiger partial charge in [-0.05, 0) is 24.3 Å². The summed E-state index contributed by atoms with van der Waals surface area (Å²) in [4.78, 5) is 21.6. The Bertz CT molecular complexity index is 482. The van der Waals surface area contributed by atoms with E-state index in [0.717, 1.165) is 11.4 Å². The normalized spacial score (nSPS) is 10.3. The summed E-state index contributed by atoms with van der Waals surface area (Å²) in [5, 5.41) is 1.67. The lowest BCUT2D eigenvalue weighted by atomic mass is 10.2. The fourth-order valence-corrected chi connectivity index (χ4v) is 1.33. The number of phosphoric acid groups is 1. The van der Waals surface area contributed by atoms with Crippen molar-refractivity contribution in [1.29, 1.82) is 0 Å². The van der Waals surface area contributed by atoms with Gasteiger partial charge in [0.15, 0.2) is 0 Å². The van der Waals surface area contributed by atoms with Gasteiger partial charge in [-0.1, -0.05) is 36.4 Å². The monoisotopic (exact) mass is 282 g/mol. The van der Waals surface area contributed by atoms with Gasteiger partial charge in [-0.2, -0.15) is 0 Å². The Morgan fingerprint density at radius 3 is 1.32 bits per heavy atom. The lowest BCUT2D eigenvalue weighted by Crippen LogP contribution is -2.24. The second-order valence-corrected chi connectivity index (χ2v) is 4.58. The number of para-hydroxylation sites is 2. The van der Waals surface area contributed by atoms with Crippen LogP contribution in [0.4, 0.5) is 11.4 Å². The molecule has 2 aromatic rings. The van der Waals surface area contributed by atoms with Gasteiger partial charge in [0.05, 0.1) is 11.4 Å². The summed E-state index contributed by atoms with van der Waals surface area (Å²) >= 11 is 0. The quantitative estimate of drug-likeness (QED) is 0.380. The van der Waals surface area contributed by atoms with Gasteiger partial charge in [0, 0.05) is 0 Å². The first kappa shape index (κ1) is 15.4. The van der Waals surface area contributed by atoms with Crippen LogP contribution in [0.3, 0.4) is 0 Å². The summed E-state index contributed by atoms with van der Waals surface area (Å²) in [6, 6.07) is 19.7. The highest BCUT2D eigenvalue weighted by Gasteiger charge is 2.01. The molecule has 19 heavy (non-hydrogen) atoms. The van der Waals surface area contributed by atoms with E-state index >= 15 is 0 Å². The Hall–Kier alpha value is -1.69. The molecule has 0 heterocycles. The maximum atomic E-state index is 8.88. The first-order chi connectivity index (χ1) is 8.88. The molecule has 0 unspecified atom stereocenters. The molecule has 0 saturated carbocycles. The van der Waals surface area contributed by atoms with Crippen LogP contribution in [0.15, 0.2) is 60.7 Å². The average Bonchev–Trinajstić information content (AvgIpc) is 2.38. The van der Waals surface area contributed by atoms with Crippen LogP contribution in [-0.2, 0) is 4.57 Å². The fourth-order valence-electron chi connectivity index (χ4n) is 1.33. The molecule has 0 fully saturated rings. The Labute approximate surface area is 110 Å². The van der Waals surface area contributed by atoms with Crippen molar-refractivity contribution in [3.05, 3.63) is 60.7 Å². The van der Waals surface area contributed by atoms with Crippen molar-refractivity contribution < 1.29 is 19.2 Å². The number of hydrazine groups is 1. The van der Waals surface area contributed by atoms with Gasteiger partial charge >= 0.3 is 7.82 Å². The smallest absolute Gasteiger partial charge is 0.303 e. The SMILES string of the molecule is NN(c1ccccc1)c1ccccc1.O=P(O)(O)O. The molecule has 0 aromatic heterocycles. The van der Waals surface area contributed by atoms with Gasteiger partial charge in [-0.25, -0.2) is 10.4 Å². The van der Waals surface area contributed by atoms with Gasteiger partial charge in [-0.3, -0.25) is 5.01 Å². The second kappa shape index (κ2) is 7.04. The summed E-state index contributed by atoms with van der Waals surface area (Å²) in [6.45, 7) is 0. The Morgan fingerprint density at radius 1 is 0.789 bits per heavy atom.